The van der Waals surface area contributed by atoms with Crippen LogP contribution in [0.1, 0.15) is 28.4 Å². The zero-order chi connectivity index (χ0) is 22.6. The Hall–Kier alpha value is -3.41. The number of aliphatic hydroxyl groups excluding tert-OH is 1. The minimum absolute atomic E-state index is 0.0915. The highest BCUT2D eigenvalue weighted by Gasteiger charge is 2.31. The van der Waals surface area contributed by atoms with E-state index in [0.29, 0.717) is 21.7 Å². The summed E-state index contributed by atoms with van der Waals surface area (Å²) in [5, 5.41) is 20.5. The molecule has 0 heterocycles. The van der Waals surface area contributed by atoms with E-state index in [-0.39, 0.29) is 16.2 Å². The molecule has 3 aromatic carbocycles. The van der Waals surface area contributed by atoms with Gasteiger partial charge in [-0.25, -0.2) is 0 Å². The van der Waals surface area contributed by atoms with Crippen LogP contribution in [0, 0.1) is 11.3 Å². The monoisotopic (exact) mass is 441 g/mol. The molecule has 1 atom stereocenters. The van der Waals surface area contributed by atoms with E-state index < -0.39 is 17.8 Å². The van der Waals surface area contributed by atoms with Crippen LogP contribution >= 0.6 is 11.8 Å². The average Bonchev–Trinajstić information content (AvgIpc) is 2.75. The van der Waals surface area contributed by atoms with Crippen molar-refractivity contribution in [3.05, 3.63) is 100 Å². The van der Waals surface area contributed by atoms with Gasteiger partial charge in [-0.15, -0.1) is 0 Å². The molecular formula is C23H18F3N3OS. The first kappa shape index (κ1) is 22.3. The van der Waals surface area contributed by atoms with E-state index in [0.717, 1.165) is 23.9 Å². The third kappa shape index (κ3) is 5.20. The fourth-order valence-corrected chi connectivity index (χ4v) is 3.78. The minimum atomic E-state index is -4.51. The molecule has 0 aliphatic carbocycles. The molecule has 0 fully saturated rings. The lowest BCUT2D eigenvalue weighted by molar-refractivity contribution is -0.137. The maximum atomic E-state index is 13.0. The van der Waals surface area contributed by atoms with Crippen molar-refractivity contribution in [2.75, 3.05) is 5.73 Å². The number of nitrogens with zero attached hydrogens (tertiary/aromatic N) is 1. The van der Waals surface area contributed by atoms with Gasteiger partial charge in [0.1, 0.15) is 12.2 Å². The Morgan fingerprint density at radius 2 is 1.61 bits per heavy atom. The van der Waals surface area contributed by atoms with Crippen molar-refractivity contribution in [2.45, 2.75) is 17.2 Å². The zero-order valence-corrected chi connectivity index (χ0v) is 16.9. The van der Waals surface area contributed by atoms with E-state index in [1.54, 1.807) is 42.5 Å². The predicted molar refractivity (Wildman–Crippen MR) is 115 cm³/mol. The molecule has 1 unspecified atom stereocenters. The standard InChI is InChI=1S/C23H18F3N3OS/c24-23(25,26)17-8-4-7-16(12-17)21(30)15-6-3-5-14(11-15)18(13-27)22(29)31-20-10-2-1-9-19(20)28/h1-12,21,30H,28-29H2/b22-18+. The number of thioether (sulfide) groups is 1. The molecule has 0 radical (unpaired) electrons. The van der Waals surface area contributed by atoms with Crippen molar-refractivity contribution in [2.24, 2.45) is 5.73 Å². The van der Waals surface area contributed by atoms with Crippen LogP contribution in [0.3, 0.4) is 0 Å². The van der Waals surface area contributed by atoms with Gasteiger partial charge < -0.3 is 16.6 Å². The first-order valence-corrected chi connectivity index (χ1v) is 9.90. The van der Waals surface area contributed by atoms with Crippen LogP contribution in [0.5, 0.6) is 0 Å². The number of alkyl halides is 3. The van der Waals surface area contributed by atoms with Gasteiger partial charge in [0, 0.05) is 10.6 Å². The molecule has 5 N–H and O–H groups in total. The fraction of sp³-hybridized carbons (Fsp3) is 0.0870. The smallest absolute Gasteiger partial charge is 0.398 e. The second-order valence-electron chi connectivity index (χ2n) is 6.64. The topological polar surface area (TPSA) is 96.1 Å². The van der Waals surface area contributed by atoms with E-state index in [4.69, 9.17) is 11.5 Å². The summed E-state index contributed by atoms with van der Waals surface area (Å²) in [5.41, 5.74) is 12.8. The highest BCUT2D eigenvalue weighted by molar-refractivity contribution is 8.03. The minimum Gasteiger partial charge on any atom is -0.398 e. The van der Waals surface area contributed by atoms with Gasteiger partial charge in [-0.1, -0.05) is 54.2 Å². The largest absolute Gasteiger partial charge is 0.416 e. The summed E-state index contributed by atoms with van der Waals surface area (Å²) in [5.74, 6) is 0. The van der Waals surface area contributed by atoms with E-state index in [1.807, 2.05) is 0 Å². The third-order valence-corrected chi connectivity index (χ3v) is 5.53. The molecule has 158 valence electrons. The van der Waals surface area contributed by atoms with E-state index in [9.17, 15) is 23.5 Å². The Balaban J connectivity index is 1.95. The summed E-state index contributed by atoms with van der Waals surface area (Å²) in [7, 11) is 0. The number of allylic oxidation sites excluding steroid dienone is 1. The molecule has 8 heteroatoms. The number of nitrogens with two attached hydrogens (primary N) is 2. The van der Waals surface area contributed by atoms with Crippen molar-refractivity contribution in [1.29, 1.82) is 5.26 Å². The number of hydrogen-bond acceptors (Lipinski definition) is 5. The molecule has 3 aromatic rings. The molecule has 0 spiro atoms. The van der Waals surface area contributed by atoms with E-state index in [1.165, 1.54) is 18.2 Å². The van der Waals surface area contributed by atoms with Crippen LogP contribution in [0.4, 0.5) is 18.9 Å². The van der Waals surface area contributed by atoms with Crippen molar-refractivity contribution >= 4 is 23.0 Å². The van der Waals surface area contributed by atoms with Crippen LogP contribution in [0.15, 0.2) is 82.7 Å². The van der Waals surface area contributed by atoms with Gasteiger partial charge >= 0.3 is 6.18 Å². The Morgan fingerprint density at radius 1 is 0.968 bits per heavy atom. The normalized spacial score (nSPS) is 13.3. The van der Waals surface area contributed by atoms with Crippen molar-refractivity contribution in [1.82, 2.24) is 0 Å². The van der Waals surface area contributed by atoms with Crippen molar-refractivity contribution in [3.63, 3.8) is 0 Å². The number of nitrogen functional groups attached to an aromatic ring is 1. The molecular weight excluding hydrogens is 423 g/mol. The van der Waals surface area contributed by atoms with Gasteiger partial charge in [0.2, 0.25) is 0 Å². The molecule has 3 rings (SSSR count). The summed E-state index contributed by atoms with van der Waals surface area (Å²) < 4.78 is 39.0. The second kappa shape index (κ2) is 9.16. The number of halogens is 3. The van der Waals surface area contributed by atoms with Crippen LogP contribution in [-0.4, -0.2) is 5.11 Å². The molecule has 0 amide bonds. The van der Waals surface area contributed by atoms with Crippen LogP contribution in [0.25, 0.3) is 5.57 Å². The number of anilines is 1. The molecule has 0 aromatic heterocycles. The lowest BCUT2D eigenvalue weighted by atomic mass is 9.96. The average molecular weight is 441 g/mol. The lowest BCUT2D eigenvalue weighted by Gasteiger charge is -2.15. The summed E-state index contributed by atoms with van der Waals surface area (Å²) in [6.07, 6.45) is -5.82. The summed E-state index contributed by atoms with van der Waals surface area (Å²) in [4.78, 5) is 0.688. The molecule has 0 aliphatic heterocycles. The van der Waals surface area contributed by atoms with Crippen LogP contribution in [-0.2, 0) is 6.18 Å². The zero-order valence-electron chi connectivity index (χ0n) is 16.1. The van der Waals surface area contributed by atoms with Gasteiger partial charge in [0.15, 0.2) is 0 Å². The van der Waals surface area contributed by atoms with E-state index >= 15 is 0 Å². The number of hydrogen-bond donors (Lipinski definition) is 3. The number of rotatable bonds is 5. The predicted octanol–water partition coefficient (Wildman–Crippen LogP) is 5.31. The Morgan fingerprint density at radius 3 is 2.26 bits per heavy atom. The molecule has 0 saturated heterocycles. The van der Waals surface area contributed by atoms with Crippen LogP contribution in [0.2, 0.25) is 0 Å². The van der Waals surface area contributed by atoms with Gasteiger partial charge in [0.05, 0.1) is 16.2 Å². The van der Waals surface area contributed by atoms with Crippen LogP contribution < -0.4 is 11.5 Å². The Labute approximate surface area is 181 Å². The Bertz CT molecular complexity index is 1170. The van der Waals surface area contributed by atoms with Crippen molar-refractivity contribution in [3.8, 4) is 6.07 Å². The fourth-order valence-electron chi connectivity index (χ4n) is 2.95. The van der Waals surface area contributed by atoms with Gasteiger partial charge in [-0.05, 0) is 47.0 Å². The molecule has 4 nitrogen and oxygen atoms in total. The maximum absolute atomic E-state index is 13.0. The highest BCUT2D eigenvalue weighted by atomic mass is 32.2. The van der Waals surface area contributed by atoms with Gasteiger partial charge in [-0.3, -0.25) is 0 Å². The number of para-hydroxylation sites is 1. The third-order valence-electron chi connectivity index (χ3n) is 4.52. The van der Waals surface area contributed by atoms with Gasteiger partial charge in [0.25, 0.3) is 0 Å². The lowest BCUT2D eigenvalue weighted by Crippen LogP contribution is -2.07. The van der Waals surface area contributed by atoms with Crippen molar-refractivity contribution < 1.29 is 18.3 Å². The summed E-state index contributed by atoms with van der Waals surface area (Å²) in [6, 6.07) is 20.0. The molecule has 0 saturated carbocycles. The number of aliphatic hydroxyl groups is 1. The highest BCUT2D eigenvalue weighted by Crippen LogP contribution is 2.35. The molecule has 0 bridgehead atoms. The maximum Gasteiger partial charge on any atom is 0.416 e. The first-order chi connectivity index (χ1) is 14.7. The summed E-state index contributed by atoms with van der Waals surface area (Å²) in [6.45, 7) is 0. The molecule has 0 aliphatic rings. The first-order valence-electron chi connectivity index (χ1n) is 9.08. The Kier molecular flexibility index (Phi) is 6.59. The van der Waals surface area contributed by atoms with E-state index in [2.05, 4.69) is 6.07 Å². The number of nitriles is 1. The van der Waals surface area contributed by atoms with Gasteiger partial charge in [-0.2, -0.15) is 18.4 Å². The second-order valence-corrected chi connectivity index (χ2v) is 7.73. The molecule has 31 heavy (non-hydrogen) atoms. The summed E-state index contributed by atoms with van der Waals surface area (Å²) >= 11 is 1.14. The SMILES string of the molecule is N#C/C(=C(/N)Sc1ccccc1N)c1cccc(C(O)c2cccc(C(F)(F)F)c2)c1. The number of benzene rings is 3. The quantitative estimate of drug-likeness (QED) is 0.283.